The number of hydrogen-bond donors (Lipinski definition) is 2. The number of nitriles is 2. The lowest BCUT2D eigenvalue weighted by molar-refractivity contribution is -0.152. The first-order chi connectivity index (χ1) is 19.4. The van der Waals surface area contributed by atoms with E-state index >= 15 is 0 Å². The Hall–Kier alpha value is -3.99. The highest BCUT2D eigenvalue weighted by atomic mass is 16.5. The van der Waals surface area contributed by atoms with Gasteiger partial charge in [0.15, 0.2) is 11.2 Å². The average molecular weight is 538 g/mol. The smallest absolute Gasteiger partial charge is 0.224 e. The molecule has 6 rings (SSSR count). The van der Waals surface area contributed by atoms with Crippen molar-refractivity contribution in [2.45, 2.75) is 23.2 Å². The number of methoxy groups -OCH3 is 1. The Morgan fingerprint density at radius 1 is 1.05 bits per heavy atom. The van der Waals surface area contributed by atoms with Crippen molar-refractivity contribution in [3.05, 3.63) is 88.6 Å². The molecular weight excluding hydrogens is 506 g/mol. The van der Waals surface area contributed by atoms with E-state index in [0.717, 1.165) is 31.7 Å². The van der Waals surface area contributed by atoms with Gasteiger partial charge < -0.3 is 29.5 Å². The molecule has 204 valence electrons. The number of hydrogen-bond acceptors (Lipinski definition) is 9. The Balaban J connectivity index is 1.61. The fourth-order valence-corrected chi connectivity index (χ4v) is 6.96. The number of fused-ring (bicyclic) bond motifs is 3. The Kier molecular flexibility index (Phi) is 6.48. The van der Waals surface area contributed by atoms with E-state index in [1.54, 1.807) is 24.3 Å². The summed E-state index contributed by atoms with van der Waals surface area (Å²) in [4.78, 5) is 8.93. The third-order valence-electron chi connectivity index (χ3n) is 8.84. The van der Waals surface area contributed by atoms with Crippen molar-refractivity contribution in [2.24, 2.45) is 5.92 Å². The molecule has 2 aliphatic heterocycles. The number of nitrogens with zero attached hydrogens (tertiary/aromatic N) is 5. The maximum absolute atomic E-state index is 13.0. The van der Waals surface area contributed by atoms with Gasteiger partial charge in [-0.2, -0.15) is 10.5 Å². The lowest BCUT2D eigenvalue weighted by Crippen LogP contribution is -2.52. The lowest BCUT2D eigenvalue weighted by atomic mass is 9.70. The van der Waals surface area contributed by atoms with E-state index in [1.807, 2.05) is 36.4 Å². The maximum Gasteiger partial charge on any atom is 0.224 e. The minimum absolute atomic E-state index is 0.0400. The monoisotopic (exact) mass is 537 g/mol. The molecule has 3 heterocycles. The van der Waals surface area contributed by atoms with Crippen LogP contribution >= 0.6 is 0 Å². The fraction of sp³-hybridized carbons (Fsp3) is 0.387. The predicted octanol–water partition coefficient (Wildman–Crippen LogP) is 2.33. The van der Waals surface area contributed by atoms with Crippen molar-refractivity contribution in [1.82, 2.24) is 14.8 Å². The molecule has 3 aliphatic rings. The van der Waals surface area contributed by atoms with E-state index in [-0.39, 0.29) is 22.9 Å². The summed E-state index contributed by atoms with van der Waals surface area (Å²) in [7, 11) is 3.52. The van der Waals surface area contributed by atoms with Gasteiger partial charge >= 0.3 is 0 Å². The Morgan fingerprint density at radius 2 is 1.75 bits per heavy atom. The summed E-state index contributed by atoms with van der Waals surface area (Å²) in [5.74, 6) is -0.643. The zero-order valence-corrected chi connectivity index (χ0v) is 22.5. The number of rotatable bonds is 5. The van der Waals surface area contributed by atoms with E-state index in [0.29, 0.717) is 17.7 Å². The van der Waals surface area contributed by atoms with Crippen molar-refractivity contribution in [3.8, 4) is 23.8 Å². The second-order valence-electron chi connectivity index (χ2n) is 10.9. The number of pyridine rings is 1. The first-order valence-electron chi connectivity index (χ1n) is 13.4. The Labute approximate surface area is 233 Å². The summed E-state index contributed by atoms with van der Waals surface area (Å²) in [6.45, 7) is 4.06. The summed E-state index contributed by atoms with van der Waals surface area (Å²) in [5.41, 5.74) is -1.18. The van der Waals surface area contributed by atoms with Crippen molar-refractivity contribution < 1.29 is 19.7 Å². The summed E-state index contributed by atoms with van der Waals surface area (Å²) in [5, 5.41) is 44.4. The molecule has 0 radical (unpaired) electrons. The van der Waals surface area contributed by atoms with Crippen LogP contribution in [0.4, 0.5) is 0 Å². The predicted molar refractivity (Wildman–Crippen MR) is 145 cm³/mol. The molecule has 1 saturated heterocycles. The Bertz CT molecular complexity index is 1490. The van der Waals surface area contributed by atoms with Crippen LogP contribution in [-0.2, 0) is 11.2 Å². The molecule has 1 saturated carbocycles. The number of aliphatic hydroxyl groups excluding tert-OH is 1. The molecule has 9 nitrogen and oxygen atoms in total. The molecule has 5 atom stereocenters. The molecule has 0 spiro atoms. The number of aliphatic hydroxyl groups is 2. The Morgan fingerprint density at radius 3 is 2.38 bits per heavy atom. The molecule has 2 fully saturated rings. The van der Waals surface area contributed by atoms with Crippen molar-refractivity contribution in [2.75, 3.05) is 46.9 Å². The van der Waals surface area contributed by atoms with Gasteiger partial charge in [0.25, 0.3) is 0 Å². The van der Waals surface area contributed by atoms with E-state index in [4.69, 9.17) is 9.47 Å². The average Bonchev–Trinajstić information content (AvgIpc) is 3.36. The number of ether oxygens (including phenoxy) is 2. The van der Waals surface area contributed by atoms with Crippen LogP contribution in [0.3, 0.4) is 0 Å². The topological polar surface area (TPSA) is 126 Å². The fourth-order valence-electron chi connectivity index (χ4n) is 6.96. The minimum Gasteiger partial charge on any atom is -0.481 e. The second-order valence-corrected chi connectivity index (χ2v) is 10.9. The zero-order valence-electron chi connectivity index (χ0n) is 22.5. The molecule has 3 aromatic rings. The highest BCUT2D eigenvalue weighted by Gasteiger charge is 2.77. The van der Waals surface area contributed by atoms with Gasteiger partial charge in [0, 0.05) is 50.6 Å². The van der Waals surface area contributed by atoms with Crippen LogP contribution in [-0.4, -0.2) is 78.0 Å². The molecular formula is C31H31N5O4. The molecule has 0 amide bonds. The molecule has 2 aromatic carbocycles. The van der Waals surface area contributed by atoms with Crippen molar-refractivity contribution in [1.29, 1.82) is 10.5 Å². The van der Waals surface area contributed by atoms with Crippen LogP contribution in [0.5, 0.6) is 11.6 Å². The SMILES string of the molecule is COc1nc(C#N)cc2c1[C@]1(O)[C@H](O)[C@H](CN3CCN(C)CC3)[C@@H](c3ccccc3)[C@]1(c1ccc(C#N)cc1)O2. The minimum atomic E-state index is -1.97. The highest BCUT2D eigenvalue weighted by Crippen LogP contribution is 2.69. The first kappa shape index (κ1) is 26.2. The van der Waals surface area contributed by atoms with Gasteiger partial charge in [-0.3, -0.25) is 0 Å². The van der Waals surface area contributed by atoms with Crippen LogP contribution in [0, 0.1) is 28.6 Å². The van der Waals surface area contributed by atoms with E-state index in [9.17, 15) is 20.7 Å². The number of piperazine rings is 1. The maximum atomic E-state index is 13.0. The molecule has 9 heteroatoms. The van der Waals surface area contributed by atoms with Crippen LogP contribution < -0.4 is 9.47 Å². The number of likely N-dealkylation sites (N-methyl/N-ethyl adjacent to an activating group) is 1. The van der Waals surface area contributed by atoms with E-state index in [1.165, 1.54) is 13.2 Å². The third-order valence-corrected chi connectivity index (χ3v) is 8.84. The normalized spacial score (nSPS) is 29.6. The van der Waals surface area contributed by atoms with Crippen LogP contribution in [0.1, 0.15) is 33.9 Å². The molecule has 0 bridgehead atoms. The summed E-state index contributed by atoms with van der Waals surface area (Å²) >= 11 is 0. The number of aromatic nitrogens is 1. The van der Waals surface area contributed by atoms with Gasteiger partial charge in [-0.05, 0) is 30.3 Å². The highest BCUT2D eigenvalue weighted by molar-refractivity contribution is 5.60. The van der Waals surface area contributed by atoms with Gasteiger partial charge in [0.05, 0.1) is 30.4 Å². The number of benzene rings is 2. The van der Waals surface area contributed by atoms with Gasteiger partial charge in [-0.1, -0.05) is 42.5 Å². The van der Waals surface area contributed by atoms with Crippen molar-refractivity contribution >= 4 is 0 Å². The largest absolute Gasteiger partial charge is 0.481 e. The summed E-state index contributed by atoms with van der Waals surface area (Å²) in [6, 6.07) is 22.4. The molecule has 1 aliphatic carbocycles. The second kappa shape index (κ2) is 9.88. The van der Waals surface area contributed by atoms with Gasteiger partial charge in [-0.25, -0.2) is 4.98 Å². The van der Waals surface area contributed by atoms with Crippen molar-refractivity contribution in [3.63, 3.8) is 0 Å². The van der Waals surface area contributed by atoms with Gasteiger partial charge in [0.2, 0.25) is 5.88 Å². The molecule has 40 heavy (non-hydrogen) atoms. The van der Waals surface area contributed by atoms with Crippen LogP contribution in [0.2, 0.25) is 0 Å². The van der Waals surface area contributed by atoms with E-state index in [2.05, 4.69) is 27.9 Å². The zero-order chi connectivity index (χ0) is 28.1. The van der Waals surface area contributed by atoms with E-state index < -0.39 is 29.1 Å². The first-order valence-corrected chi connectivity index (χ1v) is 13.4. The summed E-state index contributed by atoms with van der Waals surface area (Å²) in [6.07, 6.45) is -1.27. The summed E-state index contributed by atoms with van der Waals surface area (Å²) < 4.78 is 12.5. The third kappa shape index (κ3) is 3.71. The molecule has 0 unspecified atom stereocenters. The lowest BCUT2D eigenvalue weighted by Gasteiger charge is -2.41. The quantitative estimate of drug-likeness (QED) is 0.504. The van der Waals surface area contributed by atoms with Crippen LogP contribution in [0.15, 0.2) is 60.7 Å². The van der Waals surface area contributed by atoms with Gasteiger partial charge in [-0.15, -0.1) is 0 Å². The molecule has 2 N–H and O–H groups in total. The van der Waals surface area contributed by atoms with Crippen LogP contribution in [0.25, 0.3) is 0 Å². The standard InChI is InChI=1S/C31H31N5O4/c1-35-12-14-36(15-13-35)19-24-26(21-6-4-3-5-7-21)31(22-10-8-20(17-32)9-11-22)30(38,28(24)37)27-25(40-31)16-23(18-33)34-29(27)39-2/h3-11,16,24,26,28,37-38H,12-15,19H2,1-2H3/t24-,26-,28-,30+,31+/m1/s1. The van der Waals surface area contributed by atoms with Gasteiger partial charge in [0.1, 0.15) is 17.5 Å². The molecule has 1 aromatic heterocycles.